The van der Waals surface area contributed by atoms with Crippen molar-refractivity contribution in [3.63, 3.8) is 0 Å². The van der Waals surface area contributed by atoms with Crippen LogP contribution in [0.25, 0.3) is 11.1 Å². The number of benzene rings is 2. The fourth-order valence-electron chi connectivity index (χ4n) is 3.17. The van der Waals surface area contributed by atoms with Gasteiger partial charge < -0.3 is 15.8 Å². The Morgan fingerprint density at radius 3 is 2.50 bits per heavy atom. The van der Waals surface area contributed by atoms with Crippen LogP contribution >= 0.6 is 23.2 Å². The second-order valence-corrected chi connectivity index (χ2v) is 9.61. The van der Waals surface area contributed by atoms with Gasteiger partial charge in [-0.05, 0) is 35.7 Å². The number of hydrogen-bond donors (Lipinski definition) is 2. The standard InChI is InChI=1S/C21H19Cl2N5O3S/c1-31-19-13(7-8-26-21-15(10-24)20(25)27-11-28-21)9-16(22)18(23)17(19)12-3-5-14(6-4-12)32(2,29)30/h3-6,9,11H,7-8H2,1-2H3,(H3,25,26,27,28). The third-order valence-corrected chi connectivity index (χ3v) is 6.62. The maximum atomic E-state index is 11.8. The van der Waals surface area contributed by atoms with Crippen molar-refractivity contribution in [2.75, 3.05) is 31.0 Å². The minimum absolute atomic E-state index is 0.0944. The van der Waals surface area contributed by atoms with Crippen molar-refractivity contribution in [3.8, 4) is 22.9 Å². The van der Waals surface area contributed by atoms with E-state index >= 15 is 0 Å². The van der Waals surface area contributed by atoms with Crippen LogP contribution in [0, 0.1) is 11.3 Å². The van der Waals surface area contributed by atoms with Crippen LogP contribution < -0.4 is 15.8 Å². The Bertz CT molecular complexity index is 1310. The maximum Gasteiger partial charge on any atom is 0.175 e. The number of nitrogens with zero attached hydrogens (tertiary/aromatic N) is 3. The lowest BCUT2D eigenvalue weighted by atomic mass is 9.99. The van der Waals surface area contributed by atoms with Crippen molar-refractivity contribution >= 4 is 44.7 Å². The van der Waals surface area contributed by atoms with Gasteiger partial charge in [-0.3, -0.25) is 0 Å². The SMILES string of the molecule is COc1c(CCNc2ncnc(N)c2C#N)cc(Cl)c(Cl)c1-c1ccc(S(C)(=O)=O)cc1. The average Bonchev–Trinajstić information content (AvgIpc) is 2.75. The first-order valence-electron chi connectivity index (χ1n) is 9.27. The zero-order chi connectivity index (χ0) is 23.5. The second-order valence-electron chi connectivity index (χ2n) is 6.81. The van der Waals surface area contributed by atoms with Gasteiger partial charge in [0.2, 0.25) is 0 Å². The van der Waals surface area contributed by atoms with Crippen LogP contribution in [0.1, 0.15) is 11.1 Å². The maximum absolute atomic E-state index is 11.8. The van der Waals surface area contributed by atoms with Crippen LogP contribution in [0.15, 0.2) is 41.6 Å². The van der Waals surface area contributed by atoms with Gasteiger partial charge in [-0.15, -0.1) is 0 Å². The molecular weight excluding hydrogens is 473 g/mol. The molecule has 3 rings (SSSR count). The number of nitrogen functional groups attached to an aromatic ring is 1. The number of nitrogens with one attached hydrogen (secondary N) is 1. The smallest absolute Gasteiger partial charge is 0.175 e. The fraction of sp³-hybridized carbons (Fsp3) is 0.190. The molecule has 3 N–H and O–H groups in total. The molecule has 1 heterocycles. The molecule has 0 aliphatic heterocycles. The third-order valence-electron chi connectivity index (χ3n) is 4.70. The molecule has 0 fully saturated rings. The number of nitriles is 1. The Labute approximate surface area is 195 Å². The van der Waals surface area contributed by atoms with Gasteiger partial charge in [-0.25, -0.2) is 18.4 Å². The summed E-state index contributed by atoms with van der Waals surface area (Å²) in [5.41, 5.74) is 7.86. The lowest BCUT2D eigenvalue weighted by molar-refractivity contribution is 0.411. The molecule has 0 saturated heterocycles. The third kappa shape index (κ3) is 4.88. The second kappa shape index (κ2) is 9.61. The molecule has 8 nitrogen and oxygen atoms in total. The number of aromatic nitrogens is 2. The number of hydrogen-bond acceptors (Lipinski definition) is 8. The van der Waals surface area contributed by atoms with Gasteiger partial charge >= 0.3 is 0 Å². The predicted molar refractivity (Wildman–Crippen MR) is 125 cm³/mol. The van der Waals surface area contributed by atoms with Gasteiger partial charge in [-0.2, -0.15) is 5.26 Å². The van der Waals surface area contributed by atoms with Crippen molar-refractivity contribution < 1.29 is 13.2 Å². The first-order valence-corrected chi connectivity index (χ1v) is 11.9. The first kappa shape index (κ1) is 23.6. The molecule has 0 atom stereocenters. The van der Waals surface area contributed by atoms with Gasteiger partial charge in [-0.1, -0.05) is 35.3 Å². The molecule has 32 heavy (non-hydrogen) atoms. The van der Waals surface area contributed by atoms with Crippen molar-refractivity contribution in [2.45, 2.75) is 11.3 Å². The summed E-state index contributed by atoms with van der Waals surface area (Å²) in [5.74, 6) is 0.934. The molecular formula is C21H19Cl2N5O3S. The van der Waals surface area contributed by atoms with Gasteiger partial charge in [0, 0.05) is 18.4 Å². The zero-order valence-corrected chi connectivity index (χ0v) is 19.5. The van der Waals surface area contributed by atoms with Crippen LogP contribution in [-0.4, -0.2) is 38.3 Å². The van der Waals surface area contributed by atoms with E-state index in [-0.39, 0.29) is 16.3 Å². The Hall–Kier alpha value is -3.06. The van der Waals surface area contributed by atoms with Crippen LogP contribution in [0.3, 0.4) is 0 Å². The lowest BCUT2D eigenvalue weighted by Crippen LogP contribution is -2.11. The van der Waals surface area contributed by atoms with Gasteiger partial charge in [0.25, 0.3) is 0 Å². The summed E-state index contributed by atoms with van der Waals surface area (Å²) < 4.78 is 29.2. The van der Waals surface area contributed by atoms with E-state index in [1.54, 1.807) is 18.2 Å². The van der Waals surface area contributed by atoms with Crippen LogP contribution in [0.2, 0.25) is 10.0 Å². The molecule has 0 aliphatic carbocycles. The van der Waals surface area contributed by atoms with E-state index in [0.29, 0.717) is 45.7 Å². The Balaban J connectivity index is 1.94. The molecule has 0 bridgehead atoms. The van der Waals surface area contributed by atoms with Crippen molar-refractivity contribution in [1.29, 1.82) is 5.26 Å². The largest absolute Gasteiger partial charge is 0.496 e. The molecule has 0 radical (unpaired) electrons. The topological polar surface area (TPSA) is 131 Å². The molecule has 0 amide bonds. The Morgan fingerprint density at radius 2 is 1.91 bits per heavy atom. The van der Waals surface area contributed by atoms with E-state index in [1.807, 2.05) is 6.07 Å². The summed E-state index contributed by atoms with van der Waals surface area (Å²) in [6.45, 7) is 0.395. The number of ether oxygens (including phenoxy) is 1. The van der Waals surface area contributed by atoms with E-state index in [2.05, 4.69) is 15.3 Å². The number of halogens is 2. The van der Waals surface area contributed by atoms with E-state index in [9.17, 15) is 13.7 Å². The molecule has 11 heteroatoms. The Kier molecular flexibility index (Phi) is 7.09. The number of nitrogens with two attached hydrogens (primary N) is 1. The lowest BCUT2D eigenvalue weighted by Gasteiger charge is -2.17. The van der Waals surface area contributed by atoms with Crippen LogP contribution in [-0.2, 0) is 16.3 Å². The minimum atomic E-state index is -3.33. The molecule has 0 aliphatic rings. The number of sulfone groups is 1. The molecule has 2 aromatic carbocycles. The zero-order valence-electron chi connectivity index (χ0n) is 17.2. The average molecular weight is 492 g/mol. The quantitative estimate of drug-likeness (QED) is 0.507. The minimum Gasteiger partial charge on any atom is -0.496 e. The van der Waals surface area contributed by atoms with Gasteiger partial charge in [0.1, 0.15) is 35.3 Å². The summed E-state index contributed by atoms with van der Waals surface area (Å²) in [5, 5.41) is 12.9. The van der Waals surface area contributed by atoms with E-state index in [4.69, 9.17) is 33.7 Å². The number of methoxy groups -OCH3 is 1. The fourth-order valence-corrected chi connectivity index (χ4v) is 4.27. The molecule has 1 aromatic heterocycles. The van der Waals surface area contributed by atoms with Crippen molar-refractivity contribution in [1.82, 2.24) is 9.97 Å². The summed E-state index contributed by atoms with van der Waals surface area (Å²) in [4.78, 5) is 8.06. The van der Waals surface area contributed by atoms with Crippen molar-refractivity contribution in [3.05, 3.63) is 57.8 Å². The number of anilines is 2. The summed E-state index contributed by atoms with van der Waals surface area (Å²) in [7, 11) is -1.81. The van der Waals surface area contributed by atoms with Gasteiger partial charge in [0.05, 0.1) is 22.1 Å². The summed E-state index contributed by atoms with van der Waals surface area (Å²) in [6.07, 6.45) is 2.88. The highest BCUT2D eigenvalue weighted by Crippen LogP contribution is 2.43. The Morgan fingerprint density at radius 1 is 1.22 bits per heavy atom. The highest BCUT2D eigenvalue weighted by atomic mass is 35.5. The highest BCUT2D eigenvalue weighted by Gasteiger charge is 2.19. The van der Waals surface area contributed by atoms with Crippen LogP contribution in [0.5, 0.6) is 5.75 Å². The molecule has 0 unspecified atom stereocenters. The highest BCUT2D eigenvalue weighted by molar-refractivity contribution is 7.90. The monoisotopic (exact) mass is 491 g/mol. The van der Waals surface area contributed by atoms with Crippen molar-refractivity contribution in [2.24, 2.45) is 0 Å². The first-order chi connectivity index (χ1) is 15.2. The molecule has 0 saturated carbocycles. The predicted octanol–water partition coefficient (Wildman–Crippen LogP) is 3.97. The van der Waals surface area contributed by atoms with Crippen LogP contribution in [0.4, 0.5) is 11.6 Å². The molecule has 3 aromatic rings. The van der Waals surface area contributed by atoms with Gasteiger partial charge in [0.15, 0.2) is 9.84 Å². The molecule has 0 spiro atoms. The summed E-state index contributed by atoms with van der Waals surface area (Å²) >= 11 is 12.9. The van der Waals surface area contributed by atoms with E-state index in [1.165, 1.54) is 25.6 Å². The number of rotatable bonds is 7. The summed E-state index contributed by atoms with van der Waals surface area (Å²) in [6, 6.07) is 10.0. The van der Waals surface area contributed by atoms with E-state index in [0.717, 1.165) is 11.8 Å². The molecule has 166 valence electrons. The normalized spacial score (nSPS) is 11.1. The van der Waals surface area contributed by atoms with E-state index < -0.39 is 9.84 Å².